The van der Waals surface area contributed by atoms with Crippen LogP contribution in [0.15, 0.2) is 18.2 Å². The molecular weight excluding hydrogens is 470 g/mol. The van der Waals surface area contributed by atoms with Crippen LogP contribution in [0.1, 0.15) is 67.5 Å². The van der Waals surface area contributed by atoms with Crippen molar-refractivity contribution in [1.29, 1.82) is 0 Å². The summed E-state index contributed by atoms with van der Waals surface area (Å²) in [5.74, 6) is -0.869. The van der Waals surface area contributed by atoms with Gasteiger partial charge in [0.15, 0.2) is 8.32 Å². The molecule has 1 N–H and O–H groups in total. The predicted molar refractivity (Wildman–Crippen MR) is 146 cm³/mol. The van der Waals surface area contributed by atoms with Gasteiger partial charge in [0.2, 0.25) is 0 Å². The zero-order valence-corrected chi connectivity index (χ0v) is 23.9. The van der Waals surface area contributed by atoms with E-state index in [4.69, 9.17) is 9.16 Å². The van der Waals surface area contributed by atoms with Crippen molar-refractivity contribution in [3.8, 4) is 11.1 Å². The van der Waals surface area contributed by atoms with Crippen molar-refractivity contribution < 1.29 is 19.1 Å². The van der Waals surface area contributed by atoms with Crippen LogP contribution in [-0.2, 0) is 35.8 Å². The Balaban J connectivity index is 1.81. The van der Waals surface area contributed by atoms with E-state index in [9.17, 15) is 9.90 Å². The first-order chi connectivity index (χ1) is 16.9. The van der Waals surface area contributed by atoms with Gasteiger partial charge in [-0.1, -0.05) is 39.0 Å². The van der Waals surface area contributed by atoms with Crippen molar-refractivity contribution in [1.82, 2.24) is 14.3 Å². The van der Waals surface area contributed by atoms with E-state index >= 15 is 0 Å². The van der Waals surface area contributed by atoms with Crippen LogP contribution in [0.25, 0.3) is 22.0 Å². The smallest absolute Gasteiger partial charge is 0.352 e. The number of aryl methyl sites for hydroxylation is 4. The lowest BCUT2D eigenvalue weighted by Gasteiger charge is -2.36. The summed E-state index contributed by atoms with van der Waals surface area (Å²) in [6.07, 6.45) is 3.20. The molecule has 0 spiro atoms. The fraction of sp³-hybridized carbons (Fsp3) is 0.571. The quantitative estimate of drug-likeness (QED) is 0.310. The molecule has 1 aromatic carbocycles. The summed E-state index contributed by atoms with van der Waals surface area (Å²) in [6, 6.07) is 6.22. The highest BCUT2D eigenvalue weighted by atomic mass is 28.4. The van der Waals surface area contributed by atoms with Crippen LogP contribution in [0.4, 0.5) is 0 Å². The van der Waals surface area contributed by atoms with Crippen molar-refractivity contribution in [2.45, 2.75) is 84.7 Å². The minimum absolute atomic E-state index is 0.151. The third-order valence-corrected chi connectivity index (χ3v) is 12.5. The van der Waals surface area contributed by atoms with Gasteiger partial charge in [-0.05, 0) is 56.3 Å². The molecule has 0 fully saturated rings. The number of nitrogens with zero attached hydrogens (tertiary/aromatic N) is 3. The van der Waals surface area contributed by atoms with Crippen LogP contribution in [-0.4, -0.2) is 47.0 Å². The summed E-state index contributed by atoms with van der Waals surface area (Å²) in [4.78, 5) is 12.7. The fourth-order valence-electron chi connectivity index (χ4n) is 5.06. The number of fused-ring (bicyclic) bond motifs is 2. The van der Waals surface area contributed by atoms with Crippen LogP contribution in [0, 0.1) is 6.92 Å². The largest absolute Gasteiger partial charge is 0.477 e. The molecule has 196 valence electrons. The van der Waals surface area contributed by atoms with E-state index in [-0.39, 0.29) is 5.04 Å². The van der Waals surface area contributed by atoms with E-state index in [2.05, 4.69) is 51.1 Å². The molecule has 0 saturated carbocycles. The Bertz CT molecular complexity index is 1270. The number of carboxylic acid groups (broad SMARTS) is 1. The molecule has 0 saturated heterocycles. The molecule has 1 aliphatic heterocycles. The van der Waals surface area contributed by atoms with E-state index in [0.29, 0.717) is 38.5 Å². The van der Waals surface area contributed by atoms with Gasteiger partial charge in [0.1, 0.15) is 5.69 Å². The van der Waals surface area contributed by atoms with Gasteiger partial charge in [-0.25, -0.2) is 4.79 Å². The molecule has 0 unspecified atom stereocenters. The third-order valence-electron chi connectivity index (χ3n) is 8.00. The summed E-state index contributed by atoms with van der Waals surface area (Å²) in [5, 5.41) is 16.3. The highest BCUT2D eigenvalue weighted by Crippen LogP contribution is 2.39. The highest BCUT2D eigenvalue weighted by molar-refractivity contribution is 6.74. The first-order valence-electron chi connectivity index (χ1n) is 13.1. The van der Waals surface area contributed by atoms with Gasteiger partial charge >= 0.3 is 5.97 Å². The number of benzene rings is 1. The highest BCUT2D eigenvalue weighted by Gasteiger charge is 2.37. The molecule has 0 bridgehead atoms. The minimum Gasteiger partial charge on any atom is -0.477 e. The number of aromatic carboxylic acids is 1. The molecular formula is C28H41N3O4Si. The summed E-state index contributed by atoms with van der Waals surface area (Å²) in [7, 11) is 0.101. The van der Waals surface area contributed by atoms with Crippen molar-refractivity contribution in [2.75, 3.05) is 13.2 Å². The second-order valence-corrected chi connectivity index (χ2v) is 16.3. The fourth-order valence-corrected chi connectivity index (χ4v) is 6.15. The first kappa shape index (κ1) is 26.6. The molecule has 36 heavy (non-hydrogen) atoms. The monoisotopic (exact) mass is 511 g/mol. The van der Waals surface area contributed by atoms with Crippen LogP contribution in [0.5, 0.6) is 0 Å². The lowest BCUT2D eigenvalue weighted by atomic mass is 9.98. The normalized spacial score (nSPS) is 15.1. The van der Waals surface area contributed by atoms with Crippen molar-refractivity contribution in [3.05, 3.63) is 40.8 Å². The molecule has 7 nitrogen and oxygen atoms in total. The van der Waals surface area contributed by atoms with Crippen molar-refractivity contribution in [2.24, 2.45) is 7.05 Å². The van der Waals surface area contributed by atoms with Gasteiger partial charge in [-0.3, -0.25) is 4.68 Å². The standard InChI is InChI=1S/C28H41N3O4Si/c1-19-24-22-13-10-12-20-21(14-11-17-35-36(6,7)28(2,3)4)26(27(32)33)31(25(20)22)15-8-9-16-34-18-23(24)30(5)29-19/h10,12-13H,8-9,11,14-18H2,1-7H3,(H,32,33). The molecule has 8 heteroatoms. The molecule has 2 aromatic heterocycles. The summed E-state index contributed by atoms with van der Waals surface area (Å²) >= 11 is 0. The molecule has 4 rings (SSSR count). The lowest BCUT2D eigenvalue weighted by molar-refractivity contribution is 0.0683. The predicted octanol–water partition coefficient (Wildman–Crippen LogP) is 6.31. The number of ether oxygens (including phenoxy) is 1. The van der Waals surface area contributed by atoms with Crippen molar-refractivity contribution >= 4 is 25.2 Å². The second kappa shape index (κ2) is 10.1. The number of carboxylic acids is 1. The van der Waals surface area contributed by atoms with E-state index in [0.717, 1.165) is 58.2 Å². The molecule has 0 aliphatic carbocycles. The van der Waals surface area contributed by atoms with E-state index in [1.54, 1.807) is 0 Å². The first-order valence-corrected chi connectivity index (χ1v) is 16.0. The van der Waals surface area contributed by atoms with Gasteiger partial charge in [-0.2, -0.15) is 5.10 Å². The Hall–Kier alpha value is -2.42. The second-order valence-electron chi connectivity index (χ2n) is 11.5. The molecule has 0 radical (unpaired) electrons. The summed E-state index contributed by atoms with van der Waals surface area (Å²) in [6.45, 7) is 15.7. The van der Waals surface area contributed by atoms with E-state index in [1.165, 1.54) is 0 Å². The minimum atomic E-state index is -1.85. The Morgan fingerprint density at radius 2 is 2.00 bits per heavy atom. The van der Waals surface area contributed by atoms with Crippen LogP contribution >= 0.6 is 0 Å². The number of carbonyl (C=O) groups is 1. The number of para-hydroxylation sites is 1. The average Bonchev–Trinajstić information content (AvgIpc) is 3.24. The van der Waals surface area contributed by atoms with E-state index in [1.807, 2.05) is 29.3 Å². The van der Waals surface area contributed by atoms with Crippen LogP contribution in [0.3, 0.4) is 0 Å². The molecule has 3 heterocycles. The Morgan fingerprint density at radius 1 is 1.25 bits per heavy atom. The van der Waals surface area contributed by atoms with Crippen LogP contribution in [0.2, 0.25) is 18.1 Å². The Kier molecular flexibility index (Phi) is 7.51. The maximum absolute atomic E-state index is 12.7. The third kappa shape index (κ3) is 4.91. The van der Waals surface area contributed by atoms with Crippen LogP contribution < -0.4 is 0 Å². The zero-order chi connectivity index (χ0) is 26.3. The van der Waals surface area contributed by atoms with Gasteiger partial charge in [0.25, 0.3) is 0 Å². The van der Waals surface area contributed by atoms with Gasteiger partial charge in [0, 0.05) is 43.3 Å². The number of hydrogen-bond donors (Lipinski definition) is 1. The average molecular weight is 512 g/mol. The topological polar surface area (TPSA) is 78.5 Å². The summed E-state index contributed by atoms with van der Waals surface area (Å²) in [5.41, 5.74) is 6.35. The summed E-state index contributed by atoms with van der Waals surface area (Å²) < 4.78 is 16.3. The lowest BCUT2D eigenvalue weighted by Crippen LogP contribution is -2.41. The van der Waals surface area contributed by atoms with Gasteiger partial charge in [0.05, 0.1) is 23.5 Å². The molecule has 0 atom stereocenters. The zero-order valence-electron chi connectivity index (χ0n) is 22.9. The van der Waals surface area contributed by atoms with Gasteiger partial charge < -0.3 is 18.8 Å². The Labute approximate surface area is 215 Å². The van der Waals surface area contributed by atoms with Crippen molar-refractivity contribution in [3.63, 3.8) is 0 Å². The maximum Gasteiger partial charge on any atom is 0.352 e. The number of rotatable bonds is 6. The maximum atomic E-state index is 12.7. The molecule has 0 amide bonds. The molecule has 3 aromatic rings. The van der Waals surface area contributed by atoms with Gasteiger partial charge in [-0.15, -0.1) is 0 Å². The van der Waals surface area contributed by atoms with E-state index < -0.39 is 14.3 Å². The SMILES string of the molecule is Cc1nn(C)c2c1-c1cccc3c(CCCO[Si](C)(C)C(C)(C)C)c(C(=O)O)n(c13)CCCCOC2. The molecule has 1 aliphatic rings. The number of aromatic nitrogens is 3. The number of hydrogen-bond acceptors (Lipinski definition) is 4. The Morgan fingerprint density at radius 3 is 2.69 bits per heavy atom.